The van der Waals surface area contributed by atoms with Crippen LogP contribution in [0.2, 0.25) is 0 Å². The first kappa shape index (κ1) is 16.9. The van der Waals surface area contributed by atoms with Gasteiger partial charge in [0.05, 0.1) is 11.5 Å². The number of nitrogens with one attached hydrogen (secondary N) is 2. The van der Waals surface area contributed by atoms with Gasteiger partial charge in [0.1, 0.15) is 0 Å². The smallest absolute Gasteiger partial charge is 0.315 e. The lowest BCUT2D eigenvalue weighted by molar-refractivity contribution is -0.385. The van der Waals surface area contributed by atoms with Crippen LogP contribution in [0.4, 0.5) is 10.5 Å². The summed E-state index contributed by atoms with van der Waals surface area (Å²) in [4.78, 5) is 22.4. The third-order valence-corrected chi connectivity index (χ3v) is 4.88. The number of carbonyl (C=O) groups is 1. The summed E-state index contributed by atoms with van der Waals surface area (Å²) in [6.45, 7) is 0.619. The van der Waals surface area contributed by atoms with E-state index in [4.69, 9.17) is 0 Å². The summed E-state index contributed by atoms with van der Waals surface area (Å²) in [5.41, 5.74) is 1.69. The Morgan fingerprint density at radius 2 is 1.80 bits per heavy atom. The zero-order chi connectivity index (χ0) is 17.6. The van der Waals surface area contributed by atoms with Crippen molar-refractivity contribution in [3.63, 3.8) is 0 Å². The molecule has 0 saturated carbocycles. The number of fused-ring (bicyclic) bond motifs is 1. The molecule has 3 rings (SSSR count). The molecule has 0 atom stereocenters. The number of amides is 2. The van der Waals surface area contributed by atoms with Gasteiger partial charge in [-0.25, -0.2) is 4.79 Å². The van der Waals surface area contributed by atoms with Gasteiger partial charge in [-0.15, -0.1) is 11.3 Å². The fourth-order valence-corrected chi connectivity index (χ4v) is 3.61. The number of hydrogen-bond donors (Lipinski definition) is 2. The van der Waals surface area contributed by atoms with Crippen LogP contribution in [0, 0.1) is 10.1 Å². The van der Waals surface area contributed by atoms with Crippen LogP contribution in [0.1, 0.15) is 11.1 Å². The van der Waals surface area contributed by atoms with E-state index in [0.29, 0.717) is 12.1 Å². The highest BCUT2D eigenvalue weighted by Crippen LogP contribution is 2.25. The van der Waals surface area contributed by atoms with Crippen LogP contribution >= 0.6 is 11.3 Å². The van der Waals surface area contributed by atoms with Crippen LogP contribution in [0.25, 0.3) is 10.1 Å². The first-order chi connectivity index (χ1) is 12.1. The Labute approximate surface area is 148 Å². The van der Waals surface area contributed by atoms with Gasteiger partial charge in [-0.3, -0.25) is 10.1 Å². The lowest BCUT2D eigenvalue weighted by Crippen LogP contribution is -2.36. The molecule has 2 N–H and O–H groups in total. The number of carbonyl (C=O) groups excluding carboxylic acids is 1. The van der Waals surface area contributed by atoms with E-state index >= 15 is 0 Å². The van der Waals surface area contributed by atoms with Crippen molar-refractivity contribution < 1.29 is 9.72 Å². The molecule has 0 fully saturated rings. The second-order valence-corrected chi connectivity index (χ2v) is 6.41. The molecular weight excluding hydrogens is 338 g/mol. The Morgan fingerprint density at radius 3 is 2.64 bits per heavy atom. The monoisotopic (exact) mass is 355 g/mol. The summed E-state index contributed by atoms with van der Waals surface area (Å²) in [7, 11) is 0. The predicted octanol–water partition coefficient (Wildman–Crippen LogP) is 3.85. The summed E-state index contributed by atoms with van der Waals surface area (Å²) in [5, 5.41) is 19.7. The third-order valence-electron chi connectivity index (χ3n) is 3.87. The average molecular weight is 355 g/mol. The molecule has 0 aliphatic heterocycles. The molecule has 0 aliphatic rings. The quantitative estimate of drug-likeness (QED) is 0.520. The van der Waals surface area contributed by atoms with E-state index in [1.807, 2.05) is 12.1 Å². The maximum Gasteiger partial charge on any atom is 0.315 e. The van der Waals surface area contributed by atoms with E-state index in [-0.39, 0.29) is 18.3 Å². The zero-order valence-corrected chi connectivity index (χ0v) is 14.2. The summed E-state index contributed by atoms with van der Waals surface area (Å²) >= 11 is 1.69. The van der Waals surface area contributed by atoms with E-state index in [1.54, 1.807) is 29.5 Å². The van der Waals surface area contributed by atoms with Gasteiger partial charge in [-0.05, 0) is 28.8 Å². The fraction of sp³-hybridized carbons (Fsp3) is 0.167. The van der Waals surface area contributed by atoms with E-state index < -0.39 is 4.92 Å². The van der Waals surface area contributed by atoms with Crippen LogP contribution in [0.3, 0.4) is 0 Å². The lowest BCUT2D eigenvalue weighted by atomic mass is 10.1. The van der Waals surface area contributed by atoms with Crippen molar-refractivity contribution in [2.75, 3.05) is 6.54 Å². The highest BCUT2D eigenvalue weighted by atomic mass is 32.1. The average Bonchev–Trinajstić information content (AvgIpc) is 3.03. The fourth-order valence-electron chi connectivity index (χ4n) is 2.61. The number of hydrogen-bond acceptors (Lipinski definition) is 4. The number of thiophene rings is 1. The van der Waals surface area contributed by atoms with Gasteiger partial charge in [-0.1, -0.05) is 36.4 Å². The molecule has 0 radical (unpaired) electrons. The molecular formula is C18H17N3O3S. The molecule has 6 nitrogen and oxygen atoms in total. The molecule has 1 heterocycles. The van der Waals surface area contributed by atoms with Crippen molar-refractivity contribution in [3.8, 4) is 0 Å². The number of benzene rings is 2. The van der Waals surface area contributed by atoms with Crippen LogP contribution in [0.5, 0.6) is 0 Å². The largest absolute Gasteiger partial charge is 0.338 e. The van der Waals surface area contributed by atoms with Crippen molar-refractivity contribution in [2.24, 2.45) is 0 Å². The van der Waals surface area contributed by atoms with Gasteiger partial charge >= 0.3 is 6.03 Å². The Bertz CT molecular complexity index is 907. The van der Waals surface area contributed by atoms with Crippen molar-refractivity contribution in [1.82, 2.24) is 10.6 Å². The van der Waals surface area contributed by atoms with Gasteiger partial charge in [0.2, 0.25) is 0 Å². The van der Waals surface area contributed by atoms with Gasteiger partial charge < -0.3 is 10.6 Å². The van der Waals surface area contributed by atoms with Gasteiger partial charge in [0.15, 0.2) is 0 Å². The lowest BCUT2D eigenvalue weighted by Gasteiger charge is -2.08. The van der Waals surface area contributed by atoms with E-state index in [0.717, 1.165) is 6.42 Å². The van der Waals surface area contributed by atoms with Crippen LogP contribution in [-0.4, -0.2) is 17.5 Å². The van der Waals surface area contributed by atoms with Gasteiger partial charge in [0.25, 0.3) is 5.69 Å². The topological polar surface area (TPSA) is 84.3 Å². The second kappa shape index (κ2) is 7.76. The van der Waals surface area contributed by atoms with E-state index in [2.05, 4.69) is 28.1 Å². The third kappa shape index (κ3) is 4.13. The van der Waals surface area contributed by atoms with Crippen LogP contribution in [0.15, 0.2) is 53.9 Å². The summed E-state index contributed by atoms with van der Waals surface area (Å²) in [6.07, 6.45) is 0.739. The molecule has 0 unspecified atom stereocenters. The number of rotatable bonds is 6. The molecule has 2 aromatic carbocycles. The molecule has 25 heavy (non-hydrogen) atoms. The zero-order valence-electron chi connectivity index (χ0n) is 13.4. The summed E-state index contributed by atoms with van der Waals surface area (Å²) < 4.78 is 1.23. The first-order valence-electron chi connectivity index (χ1n) is 7.84. The number of urea groups is 1. The number of nitro benzene ring substituents is 1. The molecule has 0 aliphatic carbocycles. The second-order valence-electron chi connectivity index (χ2n) is 5.50. The van der Waals surface area contributed by atoms with E-state index in [1.165, 1.54) is 21.7 Å². The minimum absolute atomic E-state index is 0.00698. The minimum atomic E-state index is -0.448. The van der Waals surface area contributed by atoms with Crippen molar-refractivity contribution in [3.05, 3.63) is 75.2 Å². The highest BCUT2D eigenvalue weighted by molar-refractivity contribution is 7.17. The molecule has 128 valence electrons. The Kier molecular flexibility index (Phi) is 5.25. The minimum Gasteiger partial charge on any atom is -0.338 e. The van der Waals surface area contributed by atoms with Crippen molar-refractivity contribution in [1.29, 1.82) is 0 Å². The number of nitro groups is 1. The molecule has 7 heteroatoms. The Morgan fingerprint density at radius 1 is 1.04 bits per heavy atom. The SMILES string of the molecule is O=C(NCCc1csc2ccccc12)NCc1ccccc1[N+](=O)[O-]. The molecule has 0 saturated heterocycles. The predicted molar refractivity (Wildman–Crippen MR) is 98.9 cm³/mol. The van der Waals surface area contributed by atoms with Crippen LogP contribution < -0.4 is 10.6 Å². The highest BCUT2D eigenvalue weighted by Gasteiger charge is 2.12. The summed E-state index contributed by atoms with van der Waals surface area (Å²) in [6, 6.07) is 14.2. The van der Waals surface area contributed by atoms with Crippen LogP contribution in [-0.2, 0) is 13.0 Å². The maximum atomic E-state index is 11.9. The molecule has 3 aromatic rings. The Balaban J connectivity index is 1.50. The number of para-hydroxylation sites is 1. The first-order valence-corrected chi connectivity index (χ1v) is 8.72. The van der Waals surface area contributed by atoms with Gasteiger partial charge in [0, 0.05) is 22.9 Å². The molecule has 0 spiro atoms. The summed E-state index contributed by atoms with van der Waals surface area (Å²) in [5.74, 6) is 0. The Hall–Kier alpha value is -2.93. The van der Waals surface area contributed by atoms with Crippen molar-refractivity contribution in [2.45, 2.75) is 13.0 Å². The normalized spacial score (nSPS) is 10.6. The molecule has 2 amide bonds. The molecule has 1 aromatic heterocycles. The van der Waals surface area contributed by atoms with E-state index in [9.17, 15) is 14.9 Å². The maximum absolute atomic E-state index is 11.9. The van der Waals surface area contributed by atoms with Crippen molar-refractivity contribution >= 4 is 33.1 Å². The number of nitrogens with zero attached hydrogens (tertiary/aromatic N) is 1. The standard InChI is InChI=1S/C18H17N3O3S/c22-18(20-11-13-5-1-3-7-16(13)21(23)24)19-10-9-14-12-25-17-8-4-2-6-15(14)17/h1-8,12H,9-11H2,(H2,19,20,22). The van der Waals surface area contributed by atoms with Gasteiger partial charge in [-0.2, -0.15) is 0 Å². The molecule has 0 bridgehead atoms.